The van der Waals surface area contributed by atoms with Crippen LogP contribution < -0.4 is 4.74 Å². The molecule has 184 valence electrons. The number of aliphatic hydroxyl groups is 1. The second-order valence-corrected chi connectivity index (χ2v) is 9.96. The van der Waals surface area contributed by atoms with E-state index >= 15 is 0 Å². The van der Waals surface area contributed by atoms with Crippen LogP contribution in [0.25, 0.3) is 10.9 Å². The van der Waals surface area contributed by atoms with Gasteiger partial charge in [-0.3, -0.25) is 4.98 Å². The minimum atomic E-state index is -4.36. The average Bonchev–Trinajstić information content (AvgIpc) is 2.87. The maximum atomic E-state index is 13.1. The molecule has 3 fully saturated rings. The summed E-state index contributed by atoms with van der Waals surface area (Å²) in [5.41, 5.74) is 1.80. The summed E-state index contributed by atoms with van der Waals surface area (Å²) in [6.07, 6.45) is 0.494. The molecule has 6 rings (SSSR count). The molecule has 35 heavy (non-hydrogen) atoms. The van der Waals surface area contributed by atoms with Gasteiger partial charge in [-0.05, 0) is 47.9 Å². The number of piperidine rings is 3. The lowest BCUT2D eigenvalue weighted by atomic mass is 9.71. The Morgan fingerprint density at radius 3 is 2.66 bits per heavy atom. The van der Waals surface area contributed by atoms with Crippen molar-refractivity contribution in [2.45, 2.75) is 37.7 Å². The van der Waals surface area contributed by atoms with E-state index in [2.05, 4.69) is 11.6 Å². The van der Waals surface area contributed by atoms with E-state index in [1.165, 1.54) is 0 Å². The zero-order valence-corrected chi connectivity index (χ0v) is 19.7. The maximum Gasteiger partial charge on any atom is 0.416 e. The van der Waals surface area contributed by atoms with Crippen molar-refractivity contribution in [1.82, 2.24) is 4.98 Å². The summed E-state index contributed by atoms with van der Waals surface area (Å²) in [4.78, 5) is 4.45. The lowest BCUT2D eigenvalue weighted by molar-refractivity contribution is -0.984. The van der Waals surface area contributed by atoms with Crippen molar-refractivity contribution in [1.29, 1.82) is 0 Å². The Morgan fingerprint density at radius 1 is 1.20 bits per heavy atom. The number of nitrogens with zero attached hydrogens (tertiary/aromatic N) is 2. The lowest BCUT2D eigenvalue weighted by Crippen LogP contribution is -2.67. The first-order valence-electron chi connectivity index (χ1n) is 12.0. The number of aromatic nitrogens is 1. The number of quaternary nitrogens is 1. The summed E-state index contributed by atoms with van der Waals surface area (Å²) in [5, 5.41) is 12.7. The zero-order valence-electron chi connectivity index (χ0n) is 19.7. The quantitative estimate of drug-likeness (QED) is 0.350. The number of hydrogen-bond acceptors (Lipinski definition) is 3. The minimum absolute atomic E-state index is 0.0796. The van der Waals surface area contributed by atoms with Crippen LogP contribution in [-0.2, 0) is 12.7 Å². The molecule has 0 spiro atoms. The molecule has 5 atom stereocenters. The van der Waals surface area contributed by atoms with Crippen molar-refractivity contribution < 1.29 is 27.5 Å². The highest BCUT2D eigenvalue weighted by atomic mass is 19.4. The van der Waals surface area contributed by atoms with E-state index in [9.17, 15) is 18.3 Å². The van der Waals surface area contributed by atoms with E-state index in [-0.39, 0.29) is 6.04 Å². The highest BCUT2D eigenvalue weighted by Gasteiger charge is 2.54. The standard InChI is InChI=1S/C28H30F3N2O2/c1-3-19-17-33(16-18-4-6-21(7-5-18)28(29,30)31)13-11-20(19)14-26(33)27(34)23-10-12-32-25-9-8-22(35-2)15-24(23)25/h3-10,12,15,19-20,26-27,34H,1,11,13-14,16-17H2,2H3/q+1/t19?,20-,26?,27-,33?/m0/s1. The third kappa shape index (κ3) is 4.32. The molecule has 7 heteroatoms. The van der Waals surface area contributed by atoms with Gasteiger partial charge in [0.1, 0.15) is 24.4 Å². The highest BCUT2D eigenvalue weighted by molar-refractivity contribution is 5.83. The number of hydrogen-bond donors (Lipinski definition) is 1. The zero-order chi connectivity index (χ0) is 24.8. The van der Waals surface area contributed by atoms with Gasteiger partial charge in [-0.25, -0.2) is 0 Å². The summed E-state index contributed by atoms with van der Waals surface area (Å²) < 4.78 is 45.3. The molecule has 0 radical (unpaired) electrons. The number of halogens is 3. The molecule has 0 amide bonds. The third-order valence-electron chi connectivity index (χ3n) is 8.12. The number of aliphatic hydroxyl groups excluding tert-OH is 1. The fraction of sp³-hybridized carbons (Fsp3) is 0.393. The molecule has 3 aromatic rings. The second kappa shape index (κ2) is 8.95. The SMILES string of the molecule is C=CC1C[N+]2(Cc3ccc(C(F)(F)F)cc3)CC[C@H]1CC2[C@@H](O)c1ccnc2ccc(OC)cc12. The number of fused-ring (bicyclic) bond motifs is 4. The molecule has 3 aliphatic heterocycles. The van der Waals surface area contributed by atoms with Gasteiger partial charge in [0, 0.05) is 35.9 Å². The first kappa shape index (κ1) is 23.8. The fourth-order valence-electron chi connectivity index (χ4n) is 6.28. The monoisotopic (exact) mass is 483 g/mol. The van der Waals surface area contributed by atoms with Crippen molar-refractivity contribution in [2.75, 3.05) is 20.2 Å². The van der Waals surface area contributed by atoms with E-state index in [1.807, 2.05) is 30.3 Å². The summed E-state index contributed by atoms with van der Waals surface area (Å²) in [6.45, 7) is 6.32. The molecule has 2 aromatic carbocycles. The van der Waals surface area contributed by atoms with Crippen molar-refractivity contribution in [3.05, 3.63) is 84.1 Å². The first-order valence-corrected chi connectivity index (χ1v) is 12.0. The van der Waals surface area contributed by atoms with Crippen LogP contribution in [0.4, 0.5) is 13.2 Å². The van der Waals surface area contributed by atoms with E-state index in [0.717, 1.165) is 60.1 Å². The normalized spacial score (nSPS) is 27.1. The van der Waals surface area contributed by atoms with E-state index in [4.69, 9.17) is 4.74 Å². The Bertz CT molecular complexity index is 1230. The summed E-state index contributed by atoms with van der Waals surface area (Å²) in [5.74, 6) is 1.48. The molecule has 4 heterocycles. The Morgan fingerprint density at radius 2 is 1.97 bits per heavy atom. The van der Waals surface area contributed by atoms with Crippen molar-refractivity contribution >= 4 is 10.9 Å². The van der Waals surface area contributed by atoms with E-state index in [1.54, 1.807) is 25.4 Å². The van der Waals surface area contributed by atoms with Crippen LogP contribution in [0.5, 0.6) is 5.75 Å². The van der Waals surface area contributed by atoms with E-state index in [0.29, 0.717) is 28.6 Å². The van der Waals surface area contributed by atoms with Gasteiger partial charge >= 0.3 is 6.18 Å². The lowest BCUT2D eigenvalue weighted by Gasteiger charge is -2.58. The molecule has 3 unspecified atom stereocenters. The Hall–Kier alpha value is -2.90. The molecular weight excluding hydrogens is 453 g/mol. The highest BCUT2D eigenvalue weighted by Crippen LogP contribution is 2.48. The van der Waals surface area contributed by atoms with Crippen LogP contribution in [0, 0.1) is 11.8 Å². The van der Waals surface area contributed by atoms with Gasteiger partial charge < -0.3 is 14.3 Å². The summed E-state index contributed by atoms with van der Waals surface area (Å²) >= 11 is 0. The van der Waals surface area contributed by atoms with Crippen LogP contribution in [0.15, 0.2) is 67.4 Å². The van der Waals surface area contributed by atoms with Crippen LogP contribution >= 0.6 is 0 Å². The Labute approximate surface area is 203 Å². The molecule has 2 bridgehead atoms. The van der Waals surface area contributed by atoms with Gasteiger partial charge in [0.25, 0.3) is 0 Å². The molecular formula is C28H30F3N2O2+. The van der Waals surface area contributed by atoms with Gasteiger partial charge in [-0.1, -0.05) is 18.2 Å². The van der Waals surface area contributed by atoms with Crippen molar-refractivity contribution in [3.63, 3.8) is 0 Å². The fourth-order valence-corrected chi connectivity index (χ4v) is 6.28. The number of benzene rings is 2. The molecule has 0 saturated carbocycles. The Balaban J connectivity index is 1.52. The third-order valence-corrected chi connectivity index (χ3v) is 8.12. The summed E-state index contributed by atoms with van der Waals surface area (Å²) in [6, 6.07) is 12.9. The summed E-state index contributed by atoms with van der Waals surface area (Å²) in [7, 11) is 1.61. The van der Waals surface area contributed by atoms with Gasteiger partial charge in [-0.2, -0.15) is 13.2 Å². The predicted molar refractivity (Wildman–Crippen MR) is 129 cm³/mol. The second-order valence-electron chi connectivity index (χ2n) is 9.96. The number of methoxy groups -OCH3 is 1. The molecule has 3 saturated heterocycles. The average molecular weight is 484 g/mol. The minimum Gasteiger partial charge on any atom is -0.497 e. The molecule has 0 aliphatic carbocycles. The van der Waals surface area contributed by atoms with Crippen LogP contribution in [-0.4, -0.2) is 40.8 Å². The first-order chi connectivity index (χ1) is 16.7. The van der Waals surface area contributed by atoms with Gasteiger partial charge in [0.05, 0.1) is 31.3 Å². The molecule has 4 nitrogen and oxygen atoms in total. The number of ether oxygens (including phenoxy) is 1. The molecule has 1 aromatic heterocycles. The van der Waals surface area contributed by atoms with Crippen LogP contribution in [0.3, 0.4) is 0 Å². The number of rotatable bonds is 6. The molecule has 1 N–H and O–H groups in total. The maximum absolute atomic E-state index is 13.1. The smallest absolute Gasteiger partial charge is 0.416 e. The molecule has 3 aliphatic rings. The van der Waals surface area contributed by atoms with Crippen molar-refractivity contribution in [2.24, 2.45) is 11.8 Å². The Kier molecular flexibility index (Phi) is 6.09. The van der Waals surface area contributed by atoms with Gasteiger partial charge in [0.2, 0.25) is 0 Å². The van der Waals surface area contributed by atoms with Crippen LogP contribution in [0.2, 0.25) is 0 Å². The van der Waals surface area contributed by atoms with Gasteiger partial charge in [-0.15, -0.1) is 6.58 Å². The van der Waals surface area contributed by atoms with Gasteiger partial charge in [0.15, 0.2) is 0 Å². The predicted octanol–water partition coefficient (Wildman–Crippen LogP) is 5.91. The number of pyridine rings is 1. The largest absolute Gasteiger partial charge is 0.497 e. The van der Waals surface area contributed by atoms with E-state index < -0.39 is 17.8 Å². The number of alkyl halides is 3. The van der Waals surface area contributed by atoms with Crippen LogP contribution in [0.1, 0.15) is 35.6 Å². The van der Waals surface area contributed by atoms with Crippen molar-refractivity contribution in [3.8, 4) is 5.75 Å². The topological polar surface area (TPSA) is 42.4 Å².